The van der Waals surface area contributed by atoms with Crippen LogP contribution in [0.15, 0.2) is 11.0 Å². The summed E-state index contributed by atoms with van der Waals surface area (Å²) in [6.07, 6.45) is 6.14. The van der Waals surface area contributed by atoms with Crippen LogP contribution in [0.2, 0.25) is 5.02 Å². The summed E-state index contributed by atoms with van der Waals surface area (Å²) in [5, 5.41) is 7.77. The molecule has 0 bridgehead atoms. The van der Waals surface area contributed by atoms with E-state index in [4.69, 9.17) is 11.6 Å². The first kappa shape index (κ1) is 15.4. The lowest BCUT2D eigenvalue weighted by Gasteiger charge is -2.21. The van der Waals surface area contributed by atoms with Crippen LogP contribution >= 0.6 is 11.6 Å². The molecule has 2 rings (SSSR count). The molecule has 4 nitrogen and oxygen atoms in total. The van der Waals surface area contributed by atoms with E-state index in [1.54, 1.807) is 6.20 Å². The Labute approximate surface area is 125 Å². The summed E-state index contributed by atoms with van der Waals surface area (Å²) in [7, 11) is 0. The maximum absolute atomic E-state index is 12.1. The second-order valence-corrected chi connectivity index (χ2v) is 6.50. The van der Waals surface area contributed by atoms with Crippen molar-refractivity contribution in [1.29, 1.82) is 0 Å². The number of nitrogens with one attached hydrogen (secondary N) is 1. The van der Waals surface area contributed by atoms with E-state index >= 15 is 0 Å². The molecule has 0 amide bonds. The maximum Gasteiger partial charge on any atom is 0.287 e. The SMILES string of the molecule is CCCCn1ncc(NCC2(C(C)C)CC2)c(Cl)c1=O. The number of anilines is 1. The summed E-state index contributed by atoms with van der Waals surface area (Å²) < 4.78 is 1.45. The highest BCUT2D eigenvalue weighted by Crippen LogP contribution is 2.51. The number of aryl methyl sites for hydroxylation is 1. The summed E-state index contributed by atoms with van der Waals surface area (Å²) in [6.45, 7) is 8.08. The monoisotopic (exact) mass is 297 g/mol. The summed E-state index contributed by atoms with van der Waals surface area (Å²) in [4.78, 5) is 12.1. The molecule has 0 spiro atoms. The molecule has 1 aliphatic rings. The van der Waals surface area contributed by atoms with Gasteiger partial charge in [-0.15, -0.1) is 0 Å². The molecule has 1 N–H and O–H groups in total. The zero-order chi connectivity index (χ0) is 14.8. The molecule has 1 aromatic heterocycles. The maximum atomic E-state index is 12.1. The zero-order valence-electron chi connectivity index (χ0n) is 12.6. The van der Waals surface area contributed by atoms with Crippen LogP contribution in [0, 0.1) is 11.3 Å². The van der Waals surface area contributed by atoms with E-state index in [0.29, 0.717) is 23.6 Å². The third-order valence-electron chi connectivity index (χ3n) is 4.46. The van der Waals surface area contributed by atoms with Gasteiger partial charge in [0.05, 0.1) is 11.9 Å². The van der Waals surface area contributed by atoms with Crippen LogP contribution < -0.4 is 10.9 Å². The molecule has 1 saturated carbocycles. The predicted molar refractivity (Wildman–Crippen MR) is 83.4 cm³/mol. The van der Waals surface area contributed by atoms with E-state index in [0.717, 1.165) is 19.4 Å². The van der Waals surface area contributed by atoms with Gasteiger partial charge in [0, 0.05) is 13.1 Å². The molecular weight excluding hydrogens is 274 g/mol. The largest absolute Gasteiger partial charge is 0.382 e. The van der Waals surface area contributed by atoms with Gasteiger partial charge in [-0.1, -0.05) is 38.8 Å². The molecule has 0 saturated heterocycles. The molecule has 0 aromatic carbocycles. The lowest BCUT2D eigenvalue weighted by atomic mass is 9.92. The summed E-state index contributed by atoms with van der Waals surface area (Å²) in [5.41, 5.74) is 0.844. The van der Waals surface area contributed by atoms with Gasteiger partial charge in [0.15, 0.2) is 0 Å². The van der Waals surface area contributed by atoms with Crippen LogP contribution in [0.3, 0.4) is 0 Å². The number of halogens is 1. The Kier molecular flexibility index (Phi) is 4.74. The second kappa shape index (κ2) is 6.17. The van der Waals surface area contributed by atoms with Crippen LogP contribution in [-0.2, 0) is 6.54 Å². The molecule has 0 atom stereocenters. The van der Waals surface area contributed by atoms with Gasteiger partial charge in [0.1, 0.15) is 5.02 Å². The Hall–Kier alpha value is -1.03. The molecule has 1 aromatic rings. The minimum absolute atomic E-state index is 0.195. The van der Waals surface area contributed by atoms with Crippen molar-refractivity contribution < 1.29 is 0 Å². The standard InChI is InChI=1S/C15H24ClN3O/c1-4-5-8-19-14(20)13(16)12(9-18-19)17-10-15(6-7-15)11(2)3/h9,11,17H,4-8,10H2,1-3H3. The highest BCUT2D eigenvalue weighted by Gasteiger charge is 2.45. The van der Waals surface area contributed by atoms with Gasteiger partial charge in [-0.25, -0.2) is 4.68 Å². The first-order chi connectivity index (χ1) is 9.50. The molecule has 1 aliphatic carbocycles. The number of hydrogen-bond acceptors (Lipinski definition) is 3. The van der Waals surface area contributed by atoms with Crippen LogP contribution in [0.1, 0.15) is 46.5 Å². The van der Waals surface area contributed by atoms with Crippen molar-refractivity contribution in [2.75, 3.05) is 11.9 Å². The van der Waals surface area contributed by atoms with E-state index in [9.17, 15) is 4.79 Å². The zero-order valence-corrected chi connectivity index (χ0v) is 13.3. The lowest BCUT2D eigenvalue weighted by Crippen LogP contribution is -2.26. The molecule has 20 heavy (non-hydrogen) atoms. The molecular formula is C15H24ClN3O. The fourth-order valence-electron chi connectivity index (χ4n) is 2.45. The average Bonchev–Trinajstić information content (AvgIpc) is 3.20. The molecule has 0 unspecified atom stereocenters. The first-order valence-corrected chi connectivity index (χ1v) is 7.87. The number of aromatic nitrogens is 2. The lowest BCUT2D eigenvalue weighted by molar-refractivity contribution is 0.380. The summed E-state index contributed by atoms with van der Waals surface area (Å²) in [5.74, 6) is 0.645. The van der Waals surface area contributed by atoms with Crippen LogP contribution in [0.4, 0.5) is 5.69 Å². The Morgan fingerprint density at radius 1 is 1.50 bits per heavy atom. The quantitative estimate of drug-likeness (QED) is 0.837. The average molecular weight is 298 g/mol. The van der Waals surface area contributed by atoms with Crippen molar-refractivity contribution in [3.63, 3.8) is 0 Å². The van der Waals surface area contributed by atoms with E-state index in [1.165, 1.54) is 17.5 Å². The van der Waals surface area contributed by atoms with E-state index < -0.39 is 0 Å². The molecule has 1 heterocycles. The highest BCUT2D eigenvalue weighted by atomic mass is 35.5. The van der Waals surface area contributed by atoms with Crippen molar-refractivity contribution in [2.24, 2.45) is 11.3 Å². The Morgan fingerprint density at radius 2 is 2.20 bits per heavy atom. The van der Waals surface area contributed by atoms with Gasteiger partial charge < -0.3 is 5.32 Å². The van der Waals surface area contributed by atoms with Gasteiger partial charge in [0.25, 0.3) is 5.56 Å². The number of unbranched alkanes of at least 4 members (excludes halogenated alkanes) is 1. The summed E-state index contributed by atoms with van der Waals surface area (Å²) in [6, 6.07) is 0. The molecule has 5 heteroatoms. The third kappa shape index (κ3) is 3.17. The van der Waals surface area contributed by atoms with Crippen molar-refractivity contribution >= 4 is 17.3 Å². The highest BCUT2D eigenvalue weighted by molar-refractivity contribution is 6.32. The first-order valence-electron chi connectivity index (χ1n) is 7.49. The fraction of sp³-hybridized carbons (Fsp3) is 0.733. The van der Waals surface area contributed by atoms with Gasteiger partial charge in [0.2, 0.25) is 0 Å². The second-order valence-electron chi connectivity index (χ2n) is 6.12. The Balaban J connectivity index is 2.06. The van der Waals surface area contributed by atoms with Crippen molar-refractivity contribution in [1.82, 2.24) is 9.78 Å². The van der Waals surface area contributed by atoms with E-state index in [1.807, 2.05) is 0 Å². The molecule has 0 aliphatic heterocycles. The topological polar surface area (TPSA) is 46.9 Å². The fourth-order valence-corrected chi connectivity index (χ4v) is 2.66. The number of nitrogens with zero attached hydrogens (tertiary/aromatic N) is 2. The van der Waals surface area contributed by atoms with Crippen molar-refractivity contribution in [3.05, 3.63) is 21.6 Å². The van der Waals surface area contributed by atoms with E-state index in [2.05, 4.69) is 31.2 Å². The van der Waals surface area contributed by atoms with Gasteiger partial charge in [-0.2, -0.15) is 5.10 Å². The molecule has 112 valence electrons. The van der Waals surface area contributed by atoms with Gasteiger partial charge >= 0.3 is 0 Å². The van der Waals surface area contributed by atoms with Crippen LogP contribution in [0.5, 0.6) is 0 Å². The molecule has 0 radical (unpaired) electrons. The van der Waals surface area contributed by atoms with Gasteiger partial charge in [-0.3, -0.25) is 4.79 Å². The van der Waals surface area contributed by atoms with Crippen molar-refractivity contribution in [2.45, 2.75) is 53.0 Å². The van der Waals surface area contributed by atoms with Crippen molar-refractivity contribution in [3.8, 4) is 0 Å². The summed E-state index contributed by atoms with van der Waals surface area (Å²) >= 11 is 6.17. The molecule has 1 fully saturated rings. The minimum atomic E-state index is -0.195. The van der Waals surface area contributed by atoms with Gasteiger partial charge in [-0.05, 0) is 30.6 Å². The van der Waals surface area contributed by atoms with Crippen LogP contribution in [-0.4, -0.2) is 16.3 Å². The smallest absolute Gasteiger partial charge is 0.287 e. The predicted octanol–water partition coefficient (Wildman–Crippen LogP) is 3.54. The van der Waals surface area contributed by atoms with E-state index in [-0.39, 0.29) is 10.6 Å². The number of rotatable bonds is 7. The Morgan fingerprint density at radius 3 is 2.75 bits per heavy atom. The normalized spacial score (nSPS) is 16.4. The Bertz CT molecular complexity index is 520. The minimum Gasteiger partial charge on any atom is -0.382 e. The van der Waals surface area contributed by atoms with Crippen LogP contribution in [0.25, 0.3) is 0 Å². The third-order valence-corrected chi connectivity index (χ3v) is 4.82. The number of hydrogen-bond donors (Lipinski definition) is 1.